The van der Waals surface area contributed by atoms with Gasteiger partial charge in [0, 0.05) is 72.6 Å². The molecular weight excluding hydrogens is 538 g/mol. The highest BCUT2D eigenvalue weighted by molar-refractivity contribution is 7.97. The highest BCUT2D eigenvalue weighted by Crippen LogP contribution is 2.28. The second-order valence-electron chi connectivity index (χ2n) is 8.81. The smallest absolute Gasteiger partial charge is 0.204 e. The van der Waals surface area contributed by atoms with Crippen LogP contribution >= 0.6 is 35.8 Å². The SMILES string of the molecule is Cc1cc(Cl)cc(N2CCN(Sc3ccc(NCCCC/C(C=S)=C/C=C\N(C)O)cc3)CC2)c1.NC=O. The number of hydrogen-bond acceptors (Lipinski definition) is 8. The first-order valence-electron chi connectivity index (χ1n) is 12.5. The molecule has 1 fully saturated rings. The summed E-state index contributed by atoms with van der Waals surface area (Å²) in [6.45, 7) is 7.05. The van der Waals surface area contributed by atoms with E-state index in [1.165, 1.54) is 16.1 Å². The number of hydrogen-bond donors (Lipinski definition) is 3. The van der Waals surface area contributed by atoms with Gasteiger partial charge in [0.25, 0.3) is 0 Å². The molecule has 0 spiro atoms. The molecule has 1 amide bonds. The summed E-state index contributed by atoms with van der Waals surface area (Å²) in [5.41, 5.74) is 8.84. The molecule has 0 radical (unpaired) electrons. The Balaban J connectivity index is 0.00000161. The van der Waals surface area contributed by atoms with Gasteiger partial charge in [-0.2, -0.15) is 0 Å². The van der Waals surface area contributed by atoms with Crippen LogP contribution in [0.1, 0.15) is 24.8 Å². The van der Waals surface area contributed by atoms with Gasteiger partial charge >= 0.3 is 0 Å². The second kappa shape index (κ2) is 17.9. The van der Waals surface area contributed by atoms with E-state index < -0.39 is 0 Å². The van der Waals surface area contributed by atoms with Crippen LogP contribution in [0.3, 0.4) is 0 Å². The average Bonchev–Trinajstić information content (AvgIpc) is 2.88. The Labute approximate surface area is 241 Å². The van der Waals surface area contributed by atoms with Crippen molar-refractivity contribution in [1.82, 2.24) is 9.37 Å². The fourth-order valence-electron chi connectivity index (χ4n) is 3.88. The zero-order chi connectivity index (χ0) is 27.8. The van der Waals surface area contributed by atoms with Gasteiger partial charge in [0.05, 0.1) is 0 Å². The van der Waals surface area contributed by atoms with Crippen molar-refractivity contribution in [3.63, 3.8) is 0 Å². The molecule has 0 bridgehead atoms. The van der Waals surface area contributed by atoms with Gasteiger partial charge in [0.2, 0.25) is 6.41 Å². The summed E-state index contributed by atoms with van der Waals surface area (Å²) < 4.78 is 2.44. The maximum atomic E-state index is 9.12. The quantitative estimate of drug-likeness (QED) is 0.0547. The molecule has 0 unspecified atom stereocenters. The molecule has 1 aliphatic rings. The molecule has 0 atom stereocenters. The summed E-state index contributed by atoms with van der Waals surface area (Å²) >= 11 is 13.2. The topological polar surface area (TPSA) is 85.1 Å². The molecule has 2 aromatic carbocycles. The number of halogens is 1. The van der Waals surface area contributed by atoms with Gasteiger partial charge in [0.1, 0.15) is 0 Å². The van der Waals surface area contributed by atoms with Gasteiger partial charge in [-0.3, -0.25) is 15.1 Å². The summed E-state index contributed by atoms with van der Waals surface area (Å²) in [6.07, 6.45) is 8.65. The number of anilines is 2. The highest BCUT2D eigenvalue weighted by atomic mass is 35.5. The Morgan fingerprint density at radius 1 is 1.18 bits per heavy atom. The number of piperazine rings is 1. The predicted octanol–water partition coefficient (Wildman–Crippen LogP) is 5.92. The van der Waals surface area contributed by atoms with Crippen molar-refractivity contribution in [2.45, 2.75) is 31.1 Å². The van der Waals surface area contributed by atoms with Crippen molar-refractivity contribution in [2.75, 3.05) is 50.0 Å². The molecule has 0 saturated carbocycles. The lowest BCUT2D eigenvalue weighted by molar-refractivity contribution is -0.106. The number of rotatable bonds is 12. The molecule has 4 N–H and O–H groups in total. The van der Waals surface area contributed by atoms with Crippen LogP contribution < -0.4 is 16.0 Å². The highest BCUT2D eigenvalue weighted by Gasteiger charge is 2.18. The fourth-order valence-corrected chi connectivity index (χ4v) is 5.26. The van der Waals surface area contributed by atoms with Crippen molar-refractivity contribution < 1.29 is 10.0 Å². The number of nitrogens with zero attached hydrogens (tertiary/aromatic N) is 3. The molecule has 0 aromatic heterocycles. The van der Waals surface area contributed by atoms with E-state index in [-0.39, 0.29) is 6.41 Å². The molecule has 206 valence electrons. The standard InChI is InChI=1S/C27H35ClN4OS2.CH3NO/c1-22-18-24(28)20-26(19-22)31-14-16-32(17-15-31)35-27-10-8-25(9-11-27)29-12-4-3-6-23(21-34)7-5-13-30(2)33;2-1-3/h5,7-11,13,18-21,29,33H,3-4,6,12,14-17H2,1-2H3;1H,(H2,2,3)/b13-5-,23-7-;. The first-order chi connectivity index (χ1) is 18.3. The molecule has 38 heavy (non-hydrogen) atoms. The third-order valence-electron chi connectivity index (χ3n) is 5.70. The zero-order valence-electron chi connectivity index (χ0n) is 22.1. The van der Waals surface area contributed by atoms with E-state index >= 15 is 0 Å². The molecule has 7 nitrogen and oxygen atoms in total. The van der Waals surface area contributed by atoms with Crippen LogP contribution in [-0.4, -0.2) is 66.1 Å². The van der Waals surface area contributed by atoms with Crippen LogP contribution in [0.2, 0.25) is 5.02 Å². The zero-order valence-corrected chi connectivity index (χ0v) is 24.4. The largest absolute Gasteiger partial charge is 0.385 e. The van der Waals surface area contributed by atoms with Crippen molar-refractivity contribution in [1.29, 1.82) is 0 Å². The Morgan fingerprint density at radius 3 is 2.47 bits per heavy atom. The lowest BCUT2D eigenvalue weighted by Gasteiger charge is -2.35. The van der Waals surface area contributed by atoms with Gasteiger partial charge in [0.15, 0.2) is 0 Å². The van der Waals surface area contributed by atoms with Gasteiger partial charge < -0.3 is 16.0 Å². The normalized spacial score (nSPS) is 14.1. The number of nitrogens with one attached hydrogen (secondary N) is 1. The van der Waals surface area contributed by atoms with Gasteiger partial charge in [-0.1, -0.05) is 29.9 Å². The van der Waals surface area contributed by atoms with Crippen molar-refractivity contribution in [3.05, 3.63) is 77.0 Å². The average molecular weight is 576 g/mol. The number of thiocarbonyl (C=S) groups is 1. The fraction of sp³-hybridized carbons (Fsp3) is 0.357. The first kappa shape index (κ1) is 31.7. The van der Waals surface area contributed by atoms with E-state index in [0.717, 1.165) is 73.3 Å². The maximum Gasteiger partial charge on any atom is 0.204 e. The number of hydroxylamine groups is 2. The van der Waals surface area contributed by atoms with E-state index in [2.05, 4.69) is 63.6 Å². The number of primary amides is 1. The summed E-state index contributed by atoms with van der Waals surface area (Å²) in [6, 6.07) is 15.0. The summed E-state index contributed by atoms with van der Waals surface area (Å²) in [5, 5.41) is 16.2. The lowest BCUT2D eigenvalue weighted by atomic mass is 10.1. The van der Waals surface area contributed by atoms with Crippen LogP contribution in [0.15, 0.2) is 71.3 Å². The number of benzene rings is 2. The minimum Gasteiger partial charge on any atom is -0.385 e. The van der Waals surface area contributed by atoms with E-state index in [1.54, 1.807) is 24.7 Å². The van der Waals surface area contributed by atoms with Crippen molar-refractivity contribution in [2.24, 2.45) is 5.73 Å². The molecule has 10 heteroatoms. The monoisotopic (exact) mass is 575 g/mol. The van der Waals surface area contributed by atoms with Gasteiger partial charge in [-0.15, -0.1) is 0 Å². The number of nitrogens with two attached hydrogens (primary N) is 1. The predicted molar refractivity (Wildman–Crippen MR) is 165 cm³/mol. The van der Waals surface area contributed by atoms with Crippen LogP contribution in [-0.2, 0) is 4.79 Å². The molecule has 1 heterocycles. The Kier molecular flexibility index (Phi) is 14.9. The third kappa shape index (κ3) is 12.3. The number of aryl methyl sites for hydroxylation is 1. The lowest BCUT2D eigenvalue weighted by Crippen LogP contribution is -2.43. The minimum absolute atomic E-state index is 0.250. The van der Waals surface area contributed by atoms with E-state index in [4.69, 9.17) is 33.8 Å². The van der Waals surface area contributed by atoms with E-state index in [9.17, 15) is 0 Å². The number of allylic oxidation sites excluding steroid dienone is 3. The van der Waals surface area contributed by atoms with Crippen molar-refractivity contribution in [3.8, 4) is 0 Å². The maximum absolute atomic E-state index is 9.12. The second-order valence-corrected chi connectivity index (χ2v) is 10.7. The molecule has 1 saturated heterocycles. The number of carbonyl (C=O) groups excluding carboxylic acids is 1. The molecule has 1 aliphatic heterocycles. The first-order valence-corrected chi connectivity index (χ1v) is 14.2. The Hall–Kier alpha value is -2.56. The van der Waals surface area contributed by atoms with Crippen LogP contribution in [0.4, 0.5) is 11.4 Å². The van der Waals surface area contributed by atoms with Crippen LogP contribution in [0.5, 0.6) is 0 Å². The number of carbonyl (C=O) groups is 1. The number of amides is 1. The van der Waals surface area contributed by atoms with Crippen molar-refractivity contribution >= 4 is 58.9 Å². The summed E-state index contributed by atoms with van der Waals surface area (Å²) in [4.78, 5) is 12.3. The molecule has 3 rings (SSSR count). The molecular formula is C28H38ClN5O2S2. The Morgan fingerprint density at radius 2 is 1.87 bits per heavy atom. The molecule has 2 aromatic rings. The van der Waals surface area contributed by atoms with E-state index in [0.29, 0.717) is 0 Å². The third-order valence-corrected chi connectivity index (χ3v) is 7.33. The summed E-state index contributed by atoms with van der Waals surface area (Å²) in [7, 11) is 1.57. The van der Waals surface area contributed by atoms with Crippen LogP contribution in [0, 0.1) is 6.92 Å². The minimum atomic E-state index is 0.250. The van der Waals surface area contributed by atoms with Gasteiger partial charge in [-0.25, -0.2) is 4.31 Å². The van der Waals surface area contributed by atoms with Gasteiger partial charge in [-0.05, 0) is 97.8 Å². The summed E-state index contributed by atoms with van der Waals surface area (Å²) in [5.74, 6) is 0. The van der Waals surface area contributed by atoms with E-state index in [1.807, 2.05) is 24.1 Å². The number of unbranched alkanes of at least 4 members (excludes halogenated alkanes) is 1. The Bertz CT molecular complexity index is 1040. The molecule has 0 aliphatic carbocycles. The van der Waals surface area contributed by atoms with Crippen LogP contribution in [0.25, 0.3) is 0 Å².